The molecule has 1 aliphatic rings. The van der Waals surface area contributed by atoms with E-state index in [4.69, 9.17) is 4.74 Å². The van der Waals surface area contributed by atoms with Crippen molar-refractivity contribution in [3.63, 3.8) is 0 Å². The molecule has 0 saturated heterocycles. The Kier molecular flexibility index (Phi) is 1.90. The monoisotopic (exact) mass is 190 g/mol. The topological polar surface area (TPSA) is 26.3 Å². The third kappa shape index (κ3) is 1.55. The minimum Gasteiger partial charge on any atom is -0.476 e. The molecule has 9 heavy (non-hydrogen) atoms. The van der Waals surface area contributed by atoms with E-state index in [9.17, 15) is 4.79 Å². The van der Waals surface area contributed by atoms with Gasteiger partial charge in [-0.15, -0.1) is 0 Å². The van der Waals surface area contributed by atoms with Gasteiger partial charge in [-0.05, 0) is 28.9 Å². The summed E-state index contributed by atoms with van der Waals surface area (Å²) in [5, 5.41) is 0. The van der Waals surface area contributed by atoms with E-state index in [1.54, 1.807) is 0 Å². The predicted octanol–water partition coefficient (Wildman–Crippen LogP) is 1.60. The van der Waals surface area contributed by atoms with E-state index >= 15 is 0 Å². The fraction of sp³-hybridized carbons (Fsp3) is 0.500. The first-order chi connectivity index (χ1) is 4.20. The van der Waals surface area contributed by atoms with Gasteiger partial charge in [-0.25, -0.2) is 0 Å². The fourth-order valence-electron chi connectivity index (χ4n) is 0.681. The quantitative estimate of drug-likeness (QED) is 0.629. The Morgan fingerprint density at radius 3 is 2.89 bits per heavy atom. The van der Waals surface area contributed by atoms with Crippen molar-refractivity contribution in [1.82, 2.24) is 0 Å². The Morgan fingerprint density at radius 1 is 2.00 bits per heavy atom. The van der Waals surface area contributed by atoms with E-state index in [-0.39, 0.29) is 11.9 Å². The van der Waals surface area contributed by atoms with Crippen molar-refractivity contribution in [2.24, 2.45) is 0 Å². The molecule has 0 aromatic rings. The van der Waals surface area contributed by atoms with Gasteiger partial charge in [-0.3, -0.25) is 4.79 Å². The summed E-state index contributed by atoms with van der Waals surface area (Å²) in [6.07, 6.45) is 2.32. The Bertz CT molecular complexity index is 162. The number of halogens is 1. The van der Waals surface area contributed by atoms with E-state index in [0.717, 1.165) is 0 Å². The van der Waals surface area contributed by atoms with Gasteiger partial charge in [-0.1, -0.05) is 0 Å². The molecule has 1 heterocycles. The van der Waals surface area contributed by atoms with Crippen molar-refractivity contribution in [2.45, 2.75) is 19.4 Å². The average molecular weight is 191 g/mol. The number of Topliss-reactive ketones (excluding diaryl/α,β-unsaturated/α-hetero) is 1. The van der Waals surface area contributed by atoms with Gasteiger partial charge in [0.15, 0.2) is 16.6 Å². The number of carbonyl (C=O) groups is 1. The van der Waals surface area contributed by atoms with Crippen LogP contribution in [0.5, 0.6) is 0 Å². The average Bonchev–Trinajstić information content (AvgIpc) is 2.14. The highest BCUT2D eigenvalue weighted by Gasteiger charge is 2.19. The Balaban J connectivity index is 2.47. The van der Waals surface area contributed by atoms with Crippen LogP contribution in [0.2, 0.25) is 0 Å². The van der Waals surface area contributed by atoms with Gasteiger partial charge >= 0.3 is 0 Å². The second-order valence-electron chi connectivity index (χ2n) is 1.96. The first-order valence-electron chi connectivity index (χ1n) is 2.73. The summed E-state index contributed by atoms with van der Waals surface area (Å²) >= 11 is 3.13. The molecule has 1 unspecified atom stereocenters. The second-order valence-corrected chi connectivity index (χ2v) is 2.74. The highest BCUT2D eigenvalue weighted by atomic mass is 79.9. The minimum atomic E-state index is -0.237. The van der Waals surface area contributed by atoms with Crippen LogP contribution in [0.1, 0.15) is 13.3 Å². The number of ether oxygens (including phenoxy) is 1. The predicted molar refractivity (Wildman–Crippen MR) is 37.2 cm³/mol. The van der Waals surface area contributed by atoms with Gasteiger partial charge in [0.2, 0.25) is 0 Å². The molecule has 1 atom stereocenters. The van der Waals surface area contributed by atoms with Crippen LogP contribution in [0.15, 0.2) is 10.7 Å². The molecule has 0 bridgehead atoms. The molecule has 0 fully saturated rings. The van der Waals surface area contributed by atoms with E-state index < -0.39 is 0 Å². The standard InChI is InChI=1S/C6H7BrO2/c1-4(8)5-2-3-6(7)9-5/h3,5H,2H2,1H3. The zero-order valence-corrected chi connectivity index (χ0v) is 6.64. The van der Waals surface area contributed by atoms with Crippen molar-refractivity contribution in [3.05, 3.63) is 10.7 Å². The van der Waals surface area contributed by atoms with Gasteiger partial charge in [0.05, 0.1) is 0 Å². The lowest BCUT2D eigenvalue weighted by Crippen LogP contribution is -2.15. The first kappa shape index (κ1) is 6.81. The fourth-order valence-corrected chi connectivity index (χ4v) is 1.09. The van der Waals surface area contributed by atoms with E-state index in [0.29, 0.717) is 11.1 Å². The Labute approximate surface area is 62.0 Å². The SMILES string of the molecule is CC(=O)C1CC=C(Br)O1. The molecule has 0 amide bonds. The zero-order chi connectivity index (χ0) is 6.85. The minimum absolute atomic E-state index is 0.0840. The maximum Gasteiger partial charge on any atom is 0.170 e. The normalized spacial score (nSPS) is 25.1. The van der Waals surface area contributed by atoms with Crippen LogP contribution in [-0.2, 0) is 9.53 Å². The molecular formula is C6H7BrO2. The van der Waals surface area contributed by atoms with Crippen LogP contribution in [0.25, 0.3) is 0 Å². The third-order valence-corrected chi connectivity index (χ3v) is 1.71. The molecule has 1 aliphatic heterocycles. The molecule has 0 aromatic heterocycles. The van der Waals surface area contributed by atoms with Crippen molar-refractivity contribution in [1.29, 1.82) is 0 Å². The van der Waals surface area contributed by atoms with Gasteiger partial charge in [0.25, 0.3) is 0 Å². The largest absolute Gasteiger partial charge is 0.476 e. The molecule has 0 radical (unpaired) electrons. The number of hydrogen-bond acceptors (Lipinski definition) is 2. The molecule has 0 saturated carbocycles. The smallest absolute Gasteiger partial charge is 0.170 e. The molecule has 0 N–H and O–H groups in total. The Morgan fingerprint density at radius 2 is 2.67 bits per heavy atom. The second kappa shape index (κ2) is 2.52. The van der Waals surface area contributed by atoms with E-state index in [2.05, 4.69) is 15.9 Å². The van der Waals surface area contributed by atoms with Crippen molar-refractivity contribution < 1.29 is 9.53 Å². The van der Waals surface area contributed by atoms with Crippen LogP contribution in [0.4, 0.5) is 0 Å². The van der Waals surface area contributed by atoms with Crippen LogP contribution >= 0.6 is 15.9 Å². The summed E-state index contributed by atoms with van der Waals surface area (Å²) in [4.78, 5) is 10.6. The first-order valence-corrected chi connectivity index (χ1v) is 3.52. The highest BCUT2D eigenvalue weighted by Crippen LogP contribution is 2.21. The van der Waals surface area contributed by atoms with E-state index in [1.165, 1.54) is 6.92 Å². The summed E-state index contributed by atoms with van der Waals surface area (Å²) in [5.74, 6) is 0.0840. The lowest BCUT2D eigenvalue weighted by Gasteiger charge is -2.04. The maximum absolute atomic E-state index is 10.6. The van der Waals surface area contributed by atoms with Crippen molar-refractivity contribution in [3.8, 4) is 0 Å². The molecule has 50 valence electrons. The number of ketones is 1. The van der Waals surface area contributed by atoms with Crippen LogP contribution in [0.3, 0.4) is 0 Å². The number of hydrogen-bond donors (Lipinski definition) is 0. The third-order valence-electron chi connectivity index (χ3n) is 1.20. The molecule has 2 nitrogen and oxygen atoms in total. The lowest BCUT2D eigenvalue weighted by molar-refractivity contribution is -0.124. The lowest BCUT2D eigenvalue weighted by atomic mass is 10.2. The van der Waals surface area contributed by atoms with Gasteiger partial charge in [-0.2, -0.15) is 0 Å². The summed E-state index contributed by atoms with van der Waals surface area (Å²) in [5.41, 5.74) is 0. The molecular weight excluding hydrogens is 184 g/mol. The zero-order valence-electron chi connectivity index (χ0n) is 5.06. The number of rotatable bonds is 1. The summed E-state index contributed by atoms with van der Waals surface area (Å²) in [7, 11) is 0. The molecule has 3 heteroatoms. The molecule has 0 spiro atoms. The van der Waals surface area contributed by atoms with Crippen LogP contribution in [-0.4, -0.2) is 11.9 Å². The Hall–Kier alpha value is -0.310. The van der Waals surface area contributed by atoms with Gasteiger partial charge in [0.1, 0.15) is 0 Å². The molecule has 0 aromatic carbocycles. The van der Waals surface area contributed by atoms with Crippen LogP contribution in [0, 0.1) is 0 Å². The molecule has 1 rings (SSSR count). The van der Waals surface area contributed by atoms with Gasteiger partial charge in [0, 0.05) is 6.42 Å². The summed E-state index contributed by atoms with van der Waals surface area (Å²) in [6.45, 7) is 1.53. The van der Waals surface area contributed by atoms with Crippen molar-refractivity contribution in [2.75, 3.05) is 0 Å². The van der Waals surface area contributed by atoms with Crippen molar-refractivity contribution >= 4 is 21.7 Å². The summed E-state index contributed by atoms with van der Waals surface area (Å²) in [6, 6.07) is 0. The summed E-state index contributed by atoms with van der Waals surface area (Å²) < 4.78 is 5.73. The molecule has 0 aliphatic carbocycles. The number of carbonyl (C=O) groups excluding carboxylic acids is 1. The van der Waals surface area contributed by atoms with Gasteiger partial charge < -0.3 is 4.74 Å². The van der Waals surface area contributed by atoms with E-state index in [1.807, 2.05) is 6.08 Å². The maximum atomic E-state index is 10.6. The highest BCUT2D eigenvalue weighted by molar-refractivity contribution is 9.11. The van der Waals surface area contributed by atoms with Crippen LogP contribution < -0.4 is 0 Å².